The fourth-order valence-electron chi connectivity index (χ4n) is 2.57. The summed E-state index contributed by atoms with van der Waals surface area (Å²) < 4.78 is 5.31. The summed E-state index contributed by atoms with van der Waals surface area (Å²) in [5, 5.41) is 0. The highest BCUT2D eigenvalue weighted by Crippen LogP contribution is 2.50. The van der Waals surface area contributed by atoms with E-state index in [0.29, 0.717) is 6.10 Å². The van der Waals surface area contributed by atoms with E-state index in [4.69, 9.17) is 4.74 Å². The summed E-state index contributed by atoms with van der Waals surface area (Å²) in [6.07, 6.45) is 3.35. The van der Waals surface area contributed by atoms with Gasteiger partial charge in [0.2, 0.25) is 0 Å². The highest BCUT2D eigenvalue weighted by molar-refractivity contribution is 8.05. The molecule has 0 amide bonds. The van der Waals surface area contributed by atoms with Gasteiger partial charge in [-0.25, -0.2) is 0 Å². The van der Waals surface area contributed by atoms with Crippen LogP contribution < -0.4 is 0 Å². The van der Waals surface area contributed by atoms with Crippen LogP contribution in [0.25, 0.3) is 0 Å². The molecule has 1 atom stereocenters. The Morgan fingerprint density at radius 3 is 1.96 bits per heavy atom. The first kappa shape index (κ1) is 16.0. The topological polar surface area (TPSA) is 12.5 Å². The Morgan fingerprint density at radius 1 is 0.833 bits per heavy atom. The molecule has 5 rings (SSSR count). The Balaban J connectivity index is 1.31. The number of epoxide rings is 1. The third-order valence-corrected chi connectivity index (χ3v) is 9.17. The lowest BCUT2D eigenvalue weighted by Gasteiger charge is -2.19. The number of rotatable bonds is 6. The lowest BCUT2D eigenvalue weighted by molar-refractivity contribution is 0.426. The minimum Gasteiger partial charge on any atom is -0.372 e. The second-order valence-electron chi connectivity index (χ2n) is 6.44. The normalized spacial score (nSPS) is 21.2. The van der Waals surface area contributed by atoms with Gasteiger partial charge in [0.1, 0.15) is 0 Å². The summed E-state index contributed by atoms with van der Waals surface area (Å²) in [6.45, 7) is 0.941. The van der Waals surface area contributed by atoms with Gasteiger partial charge >= 0.3 is 0 Å². The molecule has 24 heavy (non-hydrogen) atoms. The van der Waals surface area contributed by atoms with Gasteiger partial charge in [0.25, 0.3) is 0 Å². The van der Waals surface area contributed by atoms with E-state index in [1.807, 2.05) is 47.0 Å². The SMILES string of the molecule is c1cc2c(cc1SCC1CC1)Sc1ccc(SCC3CO3)cc1S2. The van der Waals surface area contributed by atoms with Crippen molar-refractivity contribution in [1.29, 1.82) is 0 Å². The summed E-state index contributed by atoms with van der Waals surface area (Å²) in [4.78, 5) is 8.39. The molecule has 0 spiro atoms. The van der Waals surface area contributed by atoms with Crippen molar-refractivity contribution < 1.29 is 4.74 Å². The van der Waals surface area contributed by atoms with Gasteiger partial charge in [0, 0.05) is 40.9 Å². The maximum absolute atomic E-state index is 5.31. The molecule has 0 radical (unpaired) electrons. The standard InChI is InChI=1S/C19H18OS4/c1-2-12(1)10-21-14-3-5-16-18(7-14)23-17-6-4-15(8-19(17)24-16)22-11-13-9-20-13/h3-8,12-13H,1-2,9-11H2. The zero-order valence-electron chi connectivity index (χ0n) is 13.2. The summed E-state index contributed by atoms with van der Waals surface area (Å²) in [6, 6.07) is 13.9. The number of thioether (sulfide) groups is 2. The molecule has 124 valence electrons. The number of fused-ring (bicyclic) bond motifs is 2. The van der Waals surface area contributed by atoms with Crippen LogP contribution in [-0.2, 0) is 4.74 Å². The zero-order valence-corrected chi connectivity index (χ0v) is 16.5. The molecule has 3 aliphatic rings. The van der Waals surface area contributed by atoms with Crippen molar-refractivity contribution in [3.05, 3.63) is 36.4 Å². The first-order valence-corrected chi connectivity index (χ1v) is 11.9. The van der Waals surface area contributed by atoms with Crippen molar-refractivity contribution in [3.63, 3.8) is 0 Å². The van der Waals surface area contributed by atoms with Gasteiger partial charge in [-0.2, -0.15) is 0 Å². The van der Waals surface area contributed by atoms with Crippen LogP contribution in [0.15, 0.2) is 65.8 Å². The van der Waals surface area contributed by atoms with E-state index in [1.54, 1.807) is 0 Å². The first-order valence-electron chi connectivity index (χ1n) is 8.34. The van der Waals surface area contributed by atoms with Crippen LogP contribution in [0.5, 0.6) is 0 Å². The van der Waals surface area contributed by atoms with E-state index < -0.39 is 0 Å². The zero-order chi connectivity index (χ0) is 15.9. The highest BCUT2D eigenvalue weighted by atomic mass is 32.2. The minimum absolute atomic E-state index is 0.486. The van der Waals surface area contributed by atoms with Crippen molar-refractivity contribution in [3.8, 4) is 0 Å². The van der Waals surface area contributed by atoms with Gasteiger partial charge < -0.3 is 4.74 Å². The molecule has 2 aliphatic heterocycles. The first-order chi connectivity index (χ1) is 11.8. The molecule has 1 unspecified atom stereocenters. The fourth-order valence-corrected chi connectivity index (χ4v) is 7.06. The third kappa shape index (κ3) is 3.80. The van der Waals surface area contributed by atoms with E-state index in [-0.39, 0.29) is 0 Å². The van der Waals surface area contributed by atoms with Crippen molar-refractivity contribution in [2.45, 2.75) is 48.3 Å². The predicted octanol–water partition coefficient (Wildman–Crippen LogP) is 6.30. The van der Waals surface area contributed by atoms with Crippen molar-refractivity contribution >= 4 is 47.0 Å². The summed E-state index contributed by atoms with van der Waals surface area (Å²) in [7, 11) is 0. The molecule has 1 saturated heterocycles. The number of benzene rings is 2. The third-order valence-electron chi connectivity index (χ3n) is 4.29. The molecule has 2 fully saturated rings. The largest absolute Gasteiger partial charge is 0.372 e. The molecule has 1 aliphatic carbocycles. The van der Waals surface area contributed by atoms with Crippen molar-refractivity contribution in [2.75, 3.05) is 18.1 Å². The number of hydrogen-bond donors (Lipinski definition) is 0. The van der Waals surface area contributed by atoms with Crippen LogP contribution in [0.1, 0.15) is 12.8 Å². The lowest BCUT2D eigenvalue weighted by Crippen LogP contribution is -1.92. The molecule has 0 N–H and O–H groups in total. The number of hydrogen-bond acceptors (Lipinski definition) is 5. The highest BCUT2D eigenvalue weighted by Gasteiger charge is 2.24. The molecule has 0 bridgehead atoms. The van der Waals surface area contributed by atoms with Crippen LogP contribution in [0.3, 0.4) is 0 Å². The van der Waals surface area contributed by atoms with Gasteiger partial charge in [-0.3, -0.25) is 0 Å². The van der Waals surface area contributed by atoms with Crippen LogP contribution in [0, 0.1) is 5.92 Å². The molecule has 5 heteroatoms. The average molecular weight is 391 g/mol. The van der Waals surface area contributed by atoms with Crippen LogP contribution in [0.4, 0.5) is 0 Å². The number of ether oxygens (including phenoxy) is 1. The molecule has 2 aromatic carbocycles. The van der Waals surface area contributed by atoms with Crippen molar-refractivity contribution in [2.24, 2.45) is 5.92 Å². The average Bonchev–Trinajstić information content (AvgIpc) is 3.50. The van der Waals surface area contributed by atoms with Crippen LogP contribution in [-0.4, -0.2) is 24.2 Å². The molecule has 0 aromatic heterocycles. The maximum Gasteiger partial charge on any atom is 0.0903 e. The van der Waals surface area contributed by atoms with E-state index in [2.05, 4.69) is 36.4 Å². The summed E-state index contributed by atoms with van der Waals surface area (Å²) >= 11 is 7.78. The summed E-state index contributed by atoms with van der Waals surface area (Å²) in [5.74, 6) is 3.35. The summed E-state index contributed by atoms with van der Waals surface area (Å²) in [5.41, 5.74) is 0. The Morgan fingerprint density at radius 2 is 1.42 bits per heavy atom. The van der Waals surface area contributed by atoms with E-state index >= 15 is 0 Å². The Bertz CT molecular complexity index is 702. The fraction of sp³-hybridized carbons (Fsp3) is 0.368. The van der Waals surface area contributed by atoms with Gasteiger partial charge in [0.15, 0.2) is 0 Å². The van der Waals surface area contributed by atoms with Gasteiger partial charge in [-0.1, -0.05) is 23.5 Å². The molecule has 2 aromatic rings. The second-order valence-corrected chi connectivity index (χ2v) is 10.8. The second kappa shape index (κ2) is 6.84. The molecular weight excluding hydrogens is 372 g/mol. The quantitative estimate of drug-likeness (QED) is 0.361. The molecular formula is C19H18OS4. The van der Waals surface area contributed by atoms with E-state index in [1.165, 1.54) is 48.0 Å². The van der Waals surface area contributed by atoms with Crippen LogP contribution in [0.2, 0.25) is 0 Å². The van der Waals surface area contributed by atoms with Gasteiger partial charge in [-0.05, 0) is 55.2 Å². The smallest absolute Gasteiger partial charge is 0.0903 e. The molecule has 1 saturated carbocycles. The Labute approximate surface area is 160 Å². The van der Waals surface area contributed by atoms with Crippen molar-refractivity contribution in [1.82, 2.24) is 0 Å². The van der Waals surface area contributed by atoms with Crippen LogP contribution >= 0.6 is 47.0 Å². The predicted molar refractivity (Wildman–Crippen MR) is 105 cm³/mol. The molecule has 1 nitrogen and oxygen atoms in total. The Kier molecular flexibility index (Phi) is 4.56. The molecule has 2 heterocycles. The maximum atomic E-state index is 5.31. The monoisotopic (exact) mass is 390 g/mol. The van der Waals surface area contributed by atoms with E-state index in [0.717, 1.165) is 18.3 Å². The Hall–Kier alpha value is -0.200. The minimum atomic E-state index is 0.486. The van der Waals surface area contributed by atoms with Gasteiger partial charge in [0.05, 0.1) is 12.7 Å². The lowest BCUT2D eigenvalue weighted by atomic mass is 10.3. The van der Waals surface area contributed by atoms with E-state index in [9.17, 15) is 0 Å². The van der Waals surface area contributed by atoms with Gasteiger partial charge in [-0.15, -0.1) is 23.5 Å².